The first-order valence-corrected chi connectivity index (χ1v) is 6.87. The van der Waals surface area contributed by atoms with Crippen molar-refractivity contribution in [3.05, 3.63) is 0 Å². The van der Waals surface area contributed by atoms with Crippen LogP contribution in [0.25, 0.3) is 0 Å². The van der Waals surface area contributed by atoms with E-state index in [1.54, 1.807) is 7.11 Å². The fraction of sp³-hybridized carbons (Fsp3) is 0.923. The van der Waals surface area contributed by atoms with Crippen molar-refractivity contribution in [1.29, 1.82) is 0 Å². The van der Waals surface area contributed by atoms with Crippen LogP contribution in [0.3, 0.4) is 0 Å². The number of amides is 1. The van der Waals surface area contributed by atoms with Gasteiger partial charge in [0.15, 0.2) is 0 Å². The van der Waals surface area contributed by atoms with Gasteiger partial charge in [0, 0.05) is 32.7 Å². The van der Waals surface area contributed by atoms with Crippen LogP contribution in [-0.2, 0) is 14.3 Å². The summed E-state index contributed by atoms with van der Waals surface area (Å²) in [7, 11) is 1.62. The van der Waals surface area contributed by atoms with Gasteiger partial charge in [0.2, 0.25) is 5.91 Å². The van der Waals surface area contributed by atoms with Gasteiger partial charge in [-0.3, -0.25) is 4.79 Å². The summed E-state index contributed by atoms with van der Waals surface area (Å²) in [4.78, 5) is 11.6. The van der Waals surface area contributed by atoms with E-state index >= 15 is 0 Å². The number of rotatable bonds is 4. The molecule has 2 aliphatic rings. The highest BCUT2D eigenvalue weighted by atomic mass is 16.5. The Balaban J connectivity index is 1.71. The quantitative estimate of drug-likeness (QED) is 0.766. The molecule has 1 saturated heterocycles. The first kappa shape index (κ1) is 13.8. The Labute approximate surface area is 109 Å². The lowest BCUT2D eigenvalue weighted by Gasteiger charge is -2.43. The van der Waals surface area contributed by atoms with Gasteiger partial charge >= 0.3 is 0 Å². The topological polar surface area (TPSA) is 59.6 Å². The fourth-order valence-electron chi connectivity index (χ4n) is 2.81. The minimum Gasteiger partial charge on any atom is -0.384 e. The molecule has 104 valence electrons. The maximum absolute atomic E-state index is 11.6. The summed E-state index contributed by atoms with van der Waals surface area (Å²) in [5.74, 6) is 0.0977. The number of nitrogens with one attached hydrogen (secondary N) is 2. The zero-order chi connectivity index (χ0) is 12.8. The van der Waals surface area contributed by atoms with Crippen LogP contribution in [0.5, 0.6) is 0 Å². The molecule has 0 radical (unpaired) electrons. The monoisotopic (exact) mass is 256 g/mol. The van der Waals surface area contributed by atoms with Crippen molar-refractivity contribution in [3.63, 3.8) is 0 Å². The molecule has 1 aliphatic heterocycles. The zero-order valence-electron chi connectivity index (χ0n) is 11.2. The van der Waals surface area contributed by atoms with Crippen LogP contribution in [0.1, 0.15) is 32.1 Å². The molecule has 0 atom stereocenters. The van der Waals surface area contributed by atoms with Gasteiger partial charge in [-0.15, -0.1) is 0 Å². The van der Waals surface area contributed by atoms with Crippen molar-refractivity contribution in [2.24, 2.45) is 0 Å². The third-order valence-corrected chi connectivity index (χ3v) is 3.93. The van der Waals surface area contributed by atoms with Crippen molar-refractivity contribution in [3.8, 4) is 0 Å². The molecular weight excluding hydrogens is 232 g/mol. The van der Waals surface area contributed by atoms with Gasteiger partial charge in [-0.1, -0.05) is 0 Å². The number of ether oxygens (including phenoxy) is 2. The maximum atomic E-state index is 11.6. The largest absolute Gasteiger partial charge is 0.384 e. The van der Waals surface area contributed by atoms with Crippen molar-refractivity contribution >= 4 is 5.91 Å². The van der Waals surface area contributed by atoms with Gasteiger partial charge in [-0.25, -0.2) is 0 Å². The molecule has 1 aliphatic carbocycles. The lowest BCUT2D eigenvalue weighted by Crippen LogP contribution is -2.53. The van der Waals surface area contributed by atoms with E-state index in [2.05, 4.69) is 10.6 Å². The normalized spacial score (nSPS) is 32.4. The fourth-order valence-corrected chi connectivity index (χ4v) is 2.81. The molecule has 1 heterocycles. The van der Waals surface area contributed by atoms with Crippen LogP contribution in [0.15, 0.2) is 0 Å². The van der Waals surface area contributed by atoms with E-state index in [0.717, 1.165) is 45.4 Å². The van der Waals surface area contributed by atoms with Crippen molar-refractivity contribution in [2.45, 2.75) is 43.7 Å². The standard InChI is InChI=1S/C13H24N2O3/c1-17-8-4-12(16)15-11-2-5-13(6-3-11)10-14-7-9-18-13/h11,14H,2-10H2,1H3,(H,15,16). The minimum atomic E-state index is 0.0337. The van der Waals surface area contributed by atoms with Crippen LogP contribution in [0.2, 0.25) is 0 Å². The second-order valence-electron chi connectivity index (χ2n) is 5.29. The summed E-state index contributed by atoms with van der Waals surface area (Å²) >= 11 is 0. The molecule has 0 bridgehead atoms. The summed E-state index contributed by atoms with van der Waals surface area (Å²) in [5, 5.41) is 6.48. The maximum Gasteiger partial charge on any atom is 0.222 e. The average molecular weight is 256 g/mol. The van der Waals surface area contributed by atoms with Gasteiger partial charge in [-0.05, 0) is 25.7 Å². The Kier molecular flexibility index (Phi) is 4.97. The van der Waals surface area contributed by atoms with Crippen LogP contribution >= 0.6 is 0 Å². The Morgan fingerprint density at radius 3 is 2.89 bits per heavy atom. The molecule has 2 rings (SSSR count). The Morgan fingerprint density at radius 1 is 1.50 bits per heavy atom. The van der Waals surface area contributed by atoms with Gasteiger partial charge in [0.25, 0.3) is 0 Å². The van der Waals surface area contributed by atoms with Crippen molar-refractivity contribution in [1.82, 2.24) is 10.6 Å². The summed E-state index contributed by atoms with van der Waals surface area (Å²) in [6.07, 6.45) is 4.56. The summed E-state index contributed by atoms with van der Waals surface area (Å²) < 4.78 is 10.8. The first-order chi connectivity index (χ1) is 8.74. The van der Waals surface area contributed by atoms with Crippen molar-refractivity contribution in [2.75, 3.05) is 33.4 Å². The summed E-state index contributed by atoms with van der Waals surface area (Å²) in [5.41, 5.74) is 0.0337. The summed E-state index contributed by atoms with van der Waals surface area (Å²) in [6, 6.07) is 0.311. The molecule has 5 nitrogen and oxygen atoms in total. The van der Waals surface area contributed by atoms with Gasteiger partial charge in [-0.2, -0.15) is 0 Å². The van der Waals surface area contributed by atoms with E-state index < -0.39 is 0 Å². The molecule has 1 spiro atoms. The first-order valence-electron chi connectivity index (χ1n) is 6.87. The van der Waals surface area contributed by atoms with E-state index in [1.165, 1.54) is 0 Å². The lowest BCUT2D eigenvalue weighted by molar-refractivity contribution is -0.124. The van der Waals surface area contributed by atoms with Gasteiger partial charge in [0.1, 0.15) is 0 Å². The molecule has 0 aromatic rings. The number of carbonyl (C=O) groups is 1. The third-order valence-electron chi connectivity index (χ3n) is 3.93. The number of hydrogen-bond acceptors (Lipinski definition) is 4. The van der Waals surface area contributed by atoms with E-state index in [-0.39, 0.29) is 11.5 Å². The highest BCUT2D eigenvalue weighted by Crippen LogP contribution is 2.32. The SMILES string of the molecule is COCCC(=O)NC1CCC2(CC1)CNCCO2. The molecule has 5 heteroatoms. The molecule has 1 amide bonds. The molecule has 18 heavy (non-hydrogen) atoms. The second-order valence-corrected chi connectivity index (χ2v) is 5.29. The highest BCUT2D eigenvalue weighted by molar-refractivity contribution is 5.76. The predicted octanol–water partition coefficient (Wildman–Crippen LogP) is 0.440. The zero-order valence-corrected chi connectivity index (χ0v) is 11.2. The van der Waals surface area contributed by atoms with Crippen LogP contribution < -0.4 is 10.6 Å². The molecule has 2 fully saturated rings. The van der Waals surface area contributed by atoms with Crippen LogP contribution in [-0.4, -0.2) is 51.0 Å². The number of morpholine rings is 1. The number of methoxy groups -OCH3 is 1. The third kappa shape index (κ3) is 3.67. The number of carbonyl (C=O) groups excluding carboxylic acids is 1. The Hall–Kier alpha value is -0.650. The lowest BCUT2D eigenvalue weighted by atomic mass is 9.81. The average Bonchev–Trinajstić information content (AvgIpc) is 2.40. The van der Waals surface area contributed by atoms with Gasteiger partial charge in [0.05, 0.1) is 18.8 Å². The van der Waals surface area contributed by atoms with Crippen molar-refractivity contribution < 1.29 is 14.3 Å². The minimum absolute atomic E-state index is 0.0337. The molecule has 0 unspecified atom stereocenters. The van der Waals surface area contributed by atoms with E-state index in [0.29, 0.717) is 19.1 Å². The van der Waals surface area contributed by atoms with Gasteiger partial charge < -0.3 is 20.1 Å². The Bertz CT molecular complexity index is 267. The molecule has 1 saturated carbocycles. The smallest absolute Gasteiger partial charge is 0.222 e. The molecule has 2 N–H and O–H groups in total. The molecular formula is C13H24N2O3. The highest BCUT2D eigenvalue weighted by Gasteiger charge is 2.37. The summed E-state index contributed by atoms with van der Waals surface area (Å²) in [6.45, 7) is 3.22. The van der Waals surface area contributed by atoms with Crippen LogP contribution in [0.4, 0.5) is 0 Å². The van der Waals surface area contributed by atoms with Crippen LogP contribution in [0, 0.1) is 0 Å². The number of hydrogen-bond donors (Lipinski definition) is 2. The van der Waals surface area contributed by atoms with E-state index in [9.17, 15) is 4.79 Å². The second kappa shape index (κ2) is 6.50. The Morgan fingerprint density at radius 2 is 2.28 bits per heavy atom. The molecule has 0 aromatic heterocycles. The van der Waals surface area contributed by atoms with E-state index in [4.69, 9.17) is 9.47 Å². The molecule has 0 aromatic carbocycles. The van der Waals surface area contributed by atoms with E-state index in [1.807, 2.05) is 0 Å². The predicted molar refractivity (Wildman–Crippen MR) is 68.4 cm³/mol.